The van der Waals surface area contributed by atoms with Crippen molar-refractivity contribution in [3.8, 4) is 0 Å². The normalized spacial score (nSPS) is 17.5. The molecule has 42 heavy (non-hydrogen) atoms. The molecule has 2 aliphatic heterocycles. The molecular weight excluding hydrogens is 574 g/mol. The fourth-order valence-electron chi connectivity index (χ4n) is 5.78. The van der Waals surface area contributed by atoms with E-state index in [2.05, 4.69) is 33.5 Å². The van der Waals surface area contributed by atoms with E-state index in [1.807, 2.05) is 12.3 Å². The molecule has 5 rings (SSSR count). The molecule has 0 radical (unpaired) electrons. The third-order valence-corrected chi connectivity index (χ3v) is 10.5. The van der Waals surface area contributed by atoms with Crippen molar-refractivity contribution in [2.75, 3.05) is 34.2 Å². The van der Waals surface area contributed by atoms with Gasteiger partial charge in [-0.3, -0.25) is 13.9 Å². The van der Waals surface area contributed by atoms with E-state index in [1.54, 1.807) is 44.2 Å². The molecule has 0 spiro atoms. The van der Waals surface area contributed by atoms with E-state index in [1.165, 1.54) is 6.07 Å². The first-order valence-electron chi connectivity index (χ1n) is 14.2. The van der Waals surface area contributed by atoms with Crippen LogP contribution < -0.4 is 19.8 Å². The molecule has 222 valence electrons. The highest BCUT2D eigenvalue weighted by Gasteiger charge is 2.42. The number of nitrogens with one attached hydrogen (secondary N) is 2. The number of piperidine rings is 1. The van der Waals surface area contributed by atoms with Crippen molar-refractivity contribution in [2.24, 2.45) is 5.92 Å². The van der Waals surface area contributed by atoms with Gasteiger partial charge in [0.1, 0.15) is 11.9 Å². The number of nitrogens with zero attached hydrogens (tertiary/aromatic N) is 3. The Morgan fingerprint density at radius 2 is 1.79 bits per heavy atom. The third-order valence-electron chi connectivity index (χ3n) is 8.13. The predicted octanol–water partition coefficient (Wildman–Crippen LogP) is 4.99. The van der Waals surface area contributed by atoms with Gasteiger partial charge < -0.3 is 15.5 Å². The second-order valence-corrected chi connectivity index (χ2v) is 13.3. The Labute approximate surface area is 252 Å². The Bertz CT molecular complexity index is 1600. The average Bonchev–Trinajstić information content (AvgIpc) is 2.96. The molecular formula is C31H36ClN5O4S. The molecule has 9 nitrogen and oxygen atoms in total. The van der Waals surface area contributed by atoms with Crippen molar-refractivity contribution in [3.63, 3.8) is 0 Å². The van der Waals surface area contributed by atoms with E-state index < -0.39 is 22.0 Å². The maximum absolute atomic E-state index is 14.1. The minimum Gasteiger partial charge on any atom is -0.356 e. The molecule has 2 N–H and O–H groups in total. The van der Waals surface area contributed by atoms with Gasteiger partial charge in [-0.05, 0) is 93.0 Å². The summed E-state index contributed by atoms with van der Waals surface area (Å²) in [5.41, 5.74) is 2.91. The Kier molecular flexibility index (Phi) is 8.75. The molecule has 0 aliphatic carbocycles. The van der Waals surface area contributed by atoms with Crippen LogP contribution in [0.1, 0.15) is 42.4 Å². The van der Waals surface area contributed by atoms with Crippen LogP contribution in [0.3, 0.4) is 0 Å². The lowest BCUT2D eigenvalue weighted by atomic mass is 9.93. The molecule has 2 aliphatic rings. The number of hydrogen-bond acceptors (Lipinski definition) is 6. The monoisotopic (exact) mass is 609 g/mol. The van der Waals surface area contributed by atoms with Gasteiger partial charge in [-0.1, -0.05) is 29.8 Å². The first-order valence-corrected chi connectivity index (χ1v) is 16.0. The molecule has 2 aromatic carbocycles. The lowest BCUT2D eigenvalue weighted by Gasteiger charge is -2.37. The second-order valence-electron chi connectivity index (χ2n) is 11.1. The zero-order chi connectivity index (χ0) is 30.0. The molecule has 1 fully saturated rings. The zero-order valence-electron chi connectivity index (χ0n) is 24.1. The summed E-state index contributed by atoms with van der Waals surface area (Å²) in [4.78, 5) is 33.2. The predicted molar refractivity (Wildman–Crippen MR) is 166 cm³/mol. The summed E-state index contributed by atoms with van der Waals surface area (Å²) in [6.07, 6.45) is 4.33. The number of anilines is 3. The molecule has 0 bridgehead atoms. The van der Waals surface area contributed by atoms with Gasteiger partial charge >= 0.3 is 0 Å². The Morgan fingerprint density at radius 3 is 2.52 bits per heavy atom. The zero-order valence-corrected chi connectivity index (χ0v) is 25.6. The number of hydrogen-bond donors (Lipinski definition) is 2. The smallest absolute Gasteiger partial charge is 0.265 e. The van der Waals surface area contributed by atoms with Crippen LogP contribution in [-0.2, 0) is 19.6 Å². The summed E-state index contributed by atoms with van der Waals surface area (Å²) in [5, 5.41) is 6.16. The largest absolute Gasteiger partial charge is 0.356 e. The highest BCUT2D eigenvalue weighted by atomic mass is 35.5. The van der Waals surface area contributed by atoms with Crippen LogP contribution in [-0.4, -0.2) is 50.9 Å². The molecule has 1 saturated heterocycles. The number of aromatic nitrogens is 1. The van der Waals surface area contributed by atoms with Gasteiger partial charge in [0.25, 0.3) is 10.0 Å². The summed E-state index contributed by atoms with van der Waals surface area (Å²) >= 11 is 6.24. The minimum atomic E-state index is -4.22. The van der Waals surface area contributed by atoms with Gasteiger partial charge in [-0.2, -0.15) is 0 Å². The van der Waals surface area contributed by atoms with Crippen LogP contribution in [0.5, 0.6) is 0 Å². The second kappa shape index (κ2) is 12.3. The summed E-state index contributed by atoms with van der Waals surface area (Å²) in [6.45, 7) is 7.74. The number of amides is 2. The van der Waals surface area contributed by atoms with Gasteiger partial charge in [-0.15, -0.1) is 0 Å². The van der Waals surface area contributed by atoms with E-state index in [0.717, 1.165) is 48.0 Å². The third kappa shape index (κ3) is 6.10. The summed E-state index contributed by atoms with van der Waals surface area (Å²) in [5.74, 6) is 0.566. The van der Waals surface area contributed by atoms with E-state index in [9.17, 15) is 18.0 Å². The Morgan fingerprint density at radius 1 is 1.05 bits per heavy atom. The van der Waals surface area contributed by atoms with Gasteiger partial charge in [0.15, 0.2) is 0 Å². The van der Waals surface area contributed by atoms with Crippen LogP contribution in [0.15, 0.2) is 59.6 Å². The Balaban J connectivity index is 1.26. The number of carbonyl (C=O) groups excluding carboxylic acids is 2. The fraction of sp³-hybridized carbons (Fsp3) is 0.387. The number of rotatable bonds is 8. The van der Waals surface area contributed by atoms with Crippen molar-refractivity contribution in [2.45, 2.75) is 57.4 Å². The van der Waals surface area contributed by atoms with Gasteiger partial charge in [0, 0.05) is 30.9 Å². The van der Waals surface area contributed by atoms with Gasteiger partial charge in [0.05, 0.1) is 22.7 Å². The van der Waals surface area contributed by atoms with Crippen LogP contribution in [0.4, 0.5) is 17.2 Å². The number of fused-ring (bicyclic) bond motifs is 1. The lowest BCUT2D eigenvalue weighted by Crippen LogP contribution is -2.53. The topological polar surface area (TPSA) is 112 Å². The minimum absolute atomic E-state index is 0.0477. The standard InChI is InChI=1S/C31H36ClN5O4S/c1-20-7-6-13-34-30(20)36-15-11-23(12-16-36)10-14-33-29(38)19-27-31(39)35-25-8-4-5-9-26(25)37(27)42(40,41)28-18-21(2)24(32)17-22(28)3/h4-9,13,17-18,23,27H,10-12,14-16,19H2,1-3H3,(H,33,38)(H,35,39)/t27-/m1/s1. The first-order chi connectivity index (χ1) is 20.1. The van der Waals surface area contributed by atoms with E-state index >= 15 is 0 Å². The van der Waals surface area contributed by atoms with Gasteiger partial charge in [0.2, 0.25) is 11.8 Å². The summed E-state index contributed by atoms with van der Waals surface area (Å²) in [7, 11) is -4.22. The number of benzene rings is 2. The molecule has 1 atom stereocenters. The SMILES string of the molecule is Cc1cc(S(=O)(=O)N2c3ccccc3NC(=O)[C@H]2CC(=O)NCCC2CCN(c3ncccc3C)CC2)c(C)cc1Cl. The quantitative estimate of drug-likeness (QED) is 0.372. The molecule has 0 unspecified atom stereocenters. The molecule has 1 aromatic heterocycles. The van der Waals surface area contributed by atoms with Crippen molar-refractivity contribution < 1.29 is 18.0 Å². The molecule has 2 amide bonds. The summed E-state index contributed by atoms with van der Waals surface area (Å²) < 4.78 is 29.3. The average molecular weight is 610 g/mol. The first kappa shape index (κ1) is 29.8. The van der Waals surface area contributed by atoms with E-state index in [-0.39, 0.29) is 17.2 Å². The lowest BCUT2D eigenvalue weighted by molar-refractivity contribution is -0.125. The van der Waals surface area contributed by atoms with Crippen molar-refractivity contribution in [3.05, 3.63) is 76.4 Å². The fourth-order valence-corrected chi connectivity index (χ4v) is 7.92. The highest BCUT2D eigenvalue weighted by Crippen LogP contribution is 2.38. The number of carbonyl (C=O) groups is 2. The number of aryl methyl sites for hydroxylation is 3. The van der Waals surface area contributed by atoms with Crippen molar-refractivity contribution >= 4 is 50.6 Å². The van der Waals surface area contributed by atoms with E-state index in [0.29, 0.717) is 40.0 Å². The number of sulfonamides is 1. The van der Waals surface area contributed by atoms with Crippen LogP contribution in [0.25, 0.3) is 0 Å². The maximum atomic E-state index is 14.1. The Hall–Kier alpha value is -3.63. The highest BCUT2D eigenvalue weighted by molar-refractivity contribution is 7.93. The number of pyridine rings is 1. The van der Waals surface area contributed by atoms with Crippen LogP contribution in [0.2, 0.25) is 5.02 Å². The maximum Gasteiger partial charge on any atom is 0.265 e. The van der Waals surface area contributed by atoms with Crippen LogP contribution >= 0.6 is 11.6 Å². The number of halogens is 1. The molecule has 0 saturated carbocycles. The molecule has 11 heteroatoms. The van der Waals surface area contributed by atoms with Crippen molar-refractivity contribution in [1.29, 1.82) is 0 Å². The molecule has 3 heterocycles. The van der Waals surface area contributed by atoms with E-state index in [4.69, 9.17) is 11.6 Å². The molecule has 3 aromatic rings. The van der Waals surface area contributed by atoms with Gasteiger partial charge in [-0.25, -0.2) is 13.4 Å². The number of para-hydroxylation sites is 2. The van der Waals surface area contributed by atoms with Crippen LogP contribution in [0, 0.1) is 26.7 Å². The van der Waals surface area contributed by atoms with Crippen molar-refractivity contribution in [1.82, 2.24) is 10.3 Å². The summed E-state index contributed by atoms with van der Waals surface area (Å²) in [6, 6.07) is 12.6.